The lowest BCUT2D eigenvalue weighted by molar-refractivity contribution is 0.0740. The minimum atomic E-state index is -0.453. The molecule has 0 saturated carbocycles. The van der Waals surface area contributed by atoms with Crippen LogP contribution in [0.2, 0.25) is 0 Å². The Hall–Kier alpha value is -3.38. The van der Waals surface area contributed by atoms with Crippen molar-refractivity contribution >= 4 is 28.3 Å². The van der Waals surface area contributed by atoms with Gasteiger partial charge >= 0.3 is 5.97 Å². The van der Waals surface area contributed by atoms with Crippen LogP contribution in [-0.4, -0.2) is 5.97 Å². The van der Waals surface area contributed by atoms with Gasteiger partial charge in [-0.3, -0.25) is 4.79 Å². The number of fused-ring (bicyclic) bond motifs is 1. The Kier molecular flexibility index (Phi) is 5.18. The van der Waals surface area contributed by atoms with Crippen molar-refractivity contribution in [3.63, 3.8) is 0 Å². The van der Waals surface area contributed by atoms with Crippen molar-refractivity contribution in [2.24, 2.45) is 0 Å². The molecule has 0 bridgehead atoms. The average Bonchev–Trinajstić information content (AvgIpc) is 3.25. The van der Waals surface area contributed by atoms with Crippen molar-refractivity contribution < 1.29 is 18.7 Å². The summed E-state index contributed by atoms with van der Waals surface area (Å²) in [5.41, 5.74) is 1.22. The Morgan fingerprint density at radius 2 is 1.73 bits per heavy atom. The normalized spacial score (nSPS) is 11.4. The van der Waals surface area contributed by atoms with Crippen molar-refractivity contribution in [3.05, 3.63) is 86.9 Å². The lowest BCUT2D eigenvalue weighted by atomic mass is 9.87. The maximum atomic E-state index is 12.8. The number of thiophene rings is 1. The molecule has 0 unspecified atom stereocenters. The second-order valence-corrected chi connectivity index (χ2v) is 8.78. The highest BCUT2D eigenvalue weighted by Gasteiger charge is 2.15. The number of hydrogen-bond acceptors (Lipinski definition) is 6. The number of esters is 1. The molecule has 2 aromatic carbocycles. The Labute approximate surface area is 177 Å². The Bertz CT molecular complexity index is 1250. The summed E-state index contributed by atoms with van der Waals surface area (Å²) in [5.74, 6) is 0.492. The molecular formula is C24H20O5S. The average molecular weight is 420 g/mol. The van der Waals surface area contributed by atoms with E-state index in [1.807, 2.05) is 24.3 Å². The summed E-state index contributed by atoms with van der Waals surface area (Å²) in [4.78, 5) is 25.4. The number of rotatable bonds is 4. The van der Waals surface area contributed by atoms with Gasteiger partial charge in [-0.15, -0.1) is 11.3 Å². The molecule has 0 spiro atoms. The number of carbonyl (C=O) groups is 1. The summed E-state index contributed by atoms with van der Waals surface area (Å²) in [5, 5.41) is 2.14. The van der Waals surface area contributed by atoms with E-state index in [-0.39, 0.29) is 16.6 Å². The van der Waals surface area contributed by atoms with Crippen molar-refractivity contribution in [2.75, 3.05) is 0 Å². The van der Waals surface area contributed by atoms with E-state index in [1.165, 1.54) is 29.2 Å². The maximum absolute atomic E-state index is 12.8. The zero-order valence-electron chi connectivity index (χ0n) is 16.8. The van der Waals surface area contributed by atoms with E-state index in [4.69, 9.17) is 13.9 Å². The van der Waals surface area contributed by atoms with Gasteiger partial charge in [0.2, 0.25) is 11.2 Å². The molecule has 0 atom stereocenters. The number of ether oxygens (including phenoxy) is 2. The van der Waals surface area contributed by atoms with E-state index in [1.54, 1.807) is 29.6 Å². The quantitative estimate of drug-likeness (QED) is 0.292. The van der Waals surface area contributed by atoms with Crippen LogP contribution in [0.3, 0.4) is 0 Å². The fourth-order valence-corrected chi connectivity index (χ4v) is 3.53. The topological polar surface area (TPSA) is 65.7 Å². The largest absolute Gasteiger partial charge is 0.460 e. The van der Waals surface area contributed by atoms with Crippen LogP contribution in [0.4, 0.5) is 0 Å². The number of carbonyl (C=O) groups excluding carboxylic acids is 1. The first kappa shape index (κ1) is 19.9. The van der Waals surface area contributed by atoms with Crippen molar-refractivity contribution in [1.82, 2.24) is 0 Å². The molecule has 0 N–H and O–H groups in total. The molecule has 0 aliphatic heterocycles. The molecule has 2 heterocycles. The molecule has 0 fully saturated rings. The van der Waals surface area contributed by atoms with Crippen LogP contribution in [0.15, 0.2) is 75.5 Å². The molecular weight excluding hydrogens is 400 g/mol. The van der Waals surface area contributed by atoms with E-state index in [0.29, 0.717) is 27.3 Å². The zero-order chi connectivity index (χ0) is 21.3. The van der Waals surface area contributed by atoms with Crippen molar-refractivity contribution in [2.45, 2.75) is 26.2 Å². The predicted molar refractivity (Wildman–Crippen MR) is 117 cm³/mol. The van der Waals surface area contributed by atoms with Gasteiger partial charge in [0, 0.05) is 6.07 Å². The van der Waals surface area contributed by atoms with Gasteiger partial charge in [-0.1, -0.05) is 39.0 Å². The van der Waals surface area contributed by atoms with Crippen LogP contribution >= 0.6 is 11.3 Å². The molecule has 6 heteroatoms. The summed E-state index contributed by atoms with van der Waals surface area (Å²) in [6.07, 6.45) is 1.27. The molecule has 152 valence electrons. The van der Waals surface area contributed by atoms with Gasteiger partial charge in [0.05, 0.1) is 5.39 Å². The van der Waals surface area contributed by atoms with E-state index >= 15 is 0 Å². The third-order valence-electron chi connectivity index (χ3n) is 4.60. The highest BCUT2D eigenvalue weighted by molar-refractivity contribution is 7.12. The first-order chi connectivity index (χ1) is 14.3. The fraction of sp³-hybridized carbons (Fsp3) is 0.167. The SMILES string of the molecule is CC(C)(C)c1ccc(Oc2coc3cc(OC(=O)c4cccs4)ccc3c2=O)cc1. The summed E-state index contributed by atoms with van der Waals surface area (Å²) < 4.78 is 16.7. The highest BCUT2D eigenvalue weighted by atomic mass is 32.1. The Morgan fingerprint density at radius 1 is 1.00 bits per heavy atom. The van der Waals surface area contributed by atoms with Crippen molar-refractivity contribution in [1.29, 1.82) is 0 Å². The minimum Gasteiger partial charge on any atom is -0.460 e. The van der Waals surface area contributed by atoms with Crippen LogP contribution in [0.25, 0.3) is 11.0 Å². The molecule has 2 aromatic heterocycles. The third kappa shape index (κ3) is 4.14. The summed E-state index contributed by atoms with van der Waals surface area (Å²) >= 11 is 1.30. The van der Waals surface area contributed by atoms with Crippen molar-refractivity contribution in [3.8, 4) is 17.2 Å². The molecule has 0 aliphatic rings. The third-order valence-corrected chi connectivity index (χ3v) is 5.45. The van der Waals surface area contributed by atoms with Gasteiger partial charge in [-0.2, -0.15) is 0 Å². The standard InChI is InChI=1S/C24H20O5S/c1-24(2,3)15-6-8-16(9-7-15)28-20-14-27-19-13-17(10-11-18(19)22(20)25)29-23(26)21-5-4-12-30-21/h4-14H,1-3H3. The van der Waals surface area contributed by atoms with Gasteiger partial charge in [-0.25, -0.2) is 4.79 Å². The lowest BCUT2D eigenvalue weighted by Crippen LogP contribution is -2.10. The van der Waals surface area contributed by atoms with E-state index < -0.39 is 5.97 Å². The monoisotopic (exact) mass is 420 g/mol. The molecule has 0 radical (unpaired) electrons. The van der Waals surface area contributed by atoms with E-state index in [0.717, 1.165) is 0 Å². The molecule has 0 aliphatic carbocycles. The highest BCUT2D eigenvalue weighted by Crippen LogP contribution is 2.27. The van der Waals surface area contributed by atoms with E-state index in [9.17, 15) is 9.59 Å². The minimum absolute atomic E-state index is 0.0329. The smallest absolute Gasteiger partial charge is 0.353 e. The van der Waals surface area contributed by atoms with Crippen LogP contribution in [0, 0.1) is 0 Å². The number of hydrogen-bond donors (Lipinski definition) is 0. The summed E-state index contributed by atoms with van der Waals surface area (Å²) in [7, 11) is 0. The fourth-order valence-electron chi connectivity index (χ4n) is 2.93. The van der Waals surface area contributed by atoms with E-state index in [2.05, 4.69) is 20.8 Å². The maximum Gasteiger partial charge on any atom is 0.353 e. The molecule has 4 aromatic rings. The second kappa shape index (κ2) is 7.80. The first-order valence-corrected chi connectivity index (χ1v) is 10.3. The lowest BCUT2D eigenvalue weighted by Gasteiger charge is -2.19. The zero-order valence-corrected chi connectivity index (χ0v) is 17.6. The Morgan fingerprint density at radius 3 is 2.40 bits per heavy atom. The molecule has 0 amide bonds. The van der Waals surface area contributed by atoms with Gasteiger partial charge < -0.3 is 13.9 Å². The van der Waals surface area contributed by atoms with Gasteiger partial charge in [0.15, 0.2) is 0 Å². The van der Waals surface area contributed by atoms with Crippen LogP contribution in [0.1, 0.15) is 36.0 Å². The number of benzene rings is 2. The second-order valence-electron chi connectivity index (χ2n) is 7.83. The molecule has 5 nitrogen and oxygen atoms in total. The van der Waals surface area contributed by atoms with Crippen LogP contribution in [-0.2, 0) is 5.41 Å². The predicted octanol–water partition coefficient (Wildman–Crippen LogP) is 6.16. The van der Waals surface area contributed by atoms with Gasteiger partial charge in [0.1, 0.15) is 28.2 Å². The molecule has 4 rings (SSSR count). The van der Waals surface area contributed by atoms with Crippen LogP contribution in [0.5, 0.6) is 17.2 Å². The summed E-state index contributed by atoms with van der Waals surface area (Å²) in [6.45, 7) is 6.40. The molecule has 30 heavy (non-hydrogen) atoms. The van der Waals surface area contributed by atoms with Crippen LogP contribution < -0.4 is 14.9 Å². The molecule has 0 saturated heterocycles. The summed E-state index contributed by atoms with van der Waals surface area (Å²) in [6, 6.07) is 15.7. The van der Waals surface area contributed by atoms with Gasteiger partial charge in [0.25, 0.3) is 0 Å². The van der Waals surface area contributed by atoms with Gasteiger partial charge in [-0.05, 0) is 46.7 Å². The Balaban J connectivity index is 1.57. The first-order valence-electron chi connectivity index (χ1n) is 9.41.